The lowest BCUT2D eigenvalue weighted by atomic mass is 10.2. The summed E-state index contributed by atoms with van der Waals surface area (Å²) in [5, 5.41) is 0. The van der Waals surface area contributed by atoms with Crippen LogP contribution in [0.2, 0.25) is 0 Å². The molecular weight excluding hydrogens is 376 g/mol. The van der Waals surface area contributed by atoms with E-state index in [1.807, 2.05) is 30.3 Å². The number of carbonyl (C=O) groups is 2. The summed E-state index contributed by atoms with van der Waals surface area (Å²) in [5.41, 5.74) is 5.86. The van der Waals surface area contributed by atoms with Gasteiger partial charge in [0.05, 0.1) is 12.7 Å². The normalized spacial score (nSPS) is 9.96. The van der Waals surface area contributed by atoms with Gasteiger partial charge in [-0.2, -0.15) is 0 Å². The number of hydrazine groups is 1. The Morgan fingerprint density at radius 3 is 2.42 bits per heavy atom. The second-order valence-electron chi connectivity index (χ2n) is 4.89. The molecule has 0 radical (unpaired) electrons. The maximum Gasteiger partial charge on any atom is 0.270 e. The number of methoxy groups -OCH3 is 1. The van der Waals surface area contributed by atoms with Gasteiger partial charge < -0.3 is 9.47 Å². The van der Waals surface area contributed by atoms with Crippen molar-refractivity contribution >= 4 is 27.7 Å². The first-order chi connectivity index (χ1) is 11.5. The van der Waals surface area contributed by atoms with Gasteiger partial charge in [-0.15, -0.1) is 0 Å². The first kappa shape index (κ1) is 17.8. The predicted molar refractivity (Wildman–Crippen MR) is 92.8 cm³/mol. The standard InChI is InChI=1S/C17H17BrN2O4/c1-11(21)19-20-17(22)13-8-16(15(23-2)9-14(13)18)24-10-12-6-4-3-5-7-12/h3-9H,10H2,1-2H3,(H,19,21)(H,20,22). The minimum atomic E-state index is -0.468. The second-order valence-corrected chi connectivity index (χ2v) is 5.75. The number of halogens is 1. The molecule has 0 spiro atoms. The Bertz CT molecular complexity index is 735. The van der Waals surface area contributed by atoms with Gasteiger partial charge in [-0.1, -0.05) is 30.3 Å². The SMILES string of the molecule is COc1cc(Br)c(C(=O)NNC(C)=O)cc1OCc1ccccc1. The number of amides is 2. The molecule has 0 saturated carbocycles. The molecule has 0 aliphatic rings. The van der Waals surface area contributed by atoms with Crippen molar-refractivity contribution in [2.24, 2.45) is 0 Å². The molecule has 126 valence electrons. The minimum absolute atomic E-state index is 0.313. The van der Waals surface area contributed by atoms with Crippen LogP contribution in [0.4, 0.5) is 0 Å². The largest absolute Gasteiger partial charge is 0.493 e. The maximum absolute atomic E-state index is 12.1. The maximum atomic E-state index is 12.1. The summed E-state index contributed by atoms with van der Waals surface area (Å²) in [5.74, 6) is 0.0873. The number of carbonyl (C=O) groups excluding carboxylic acids is 2. The highest BCUT2D eigenvalue weighted by atomic mass is 79.9. The highest BCUT2D eigenvalue weighted by Crippen LogP contribution is 2.34. The first-order valence-corrected chi connectivity index (χ1v) is 7.91. The van der Waals surface area contributed by atoms with Crippen LogP contribution < -0.4 is 20.3 Å². The number of ether oxygens (including phenoxy) is 2. The summed E-state index contributed by atoms with van der Waals surface area (Å²) in [4.78, 5) is 23.1. The van der Waals surface area contributed by atoms with Crippen LogP contribution in [-0.2, 0) is 11.4 Å². The average molecular weight is 393 g/mol. The zero-order chi connectivity index (χ0) is 17.5. The predicted octanol–water partition coefficient (Wildman–Crippen LogP) is 2.82. The fourth-order valence-electron chi connectivity index (χ4n) is 1.93. The molecule has 0 aliphatic heterocycles. The number of nitrogens with one attached hydrogen (secondary N) is 2. The number of hydrogen-bond donors (Lipinski definition) is 2. The molecular formula is C17H17BrN2O4. The monoisotopic (exact) mass is 392 g/mol. The quantitative estimate of drug-likeness (QED) is 0.766. The third-order valence-electron chi connectivity index (χ3n) is 3.09. The van der Waals surface area contributed by atoms with Crippen molar-refractivity contribution in [3.05, 3.63) is 58.1 Å². The van der Waals surface area contributed by atoms with Crippen molar-refractivity contribution in [2.75, 3.05) is 7.11 Å². The Kier molecular flexibility index (Phi) is 6.20. The van der Waals surface area contributed by atoms with Crippen molar-refractivity contribution in [3.8, 4) is 11.5 Å². The van der Waals surface area contributed by atoms with Gasteiger partial charge in [0.25, 0.3) is 5.91 Å². The average Bonchev–Trinajstić information content (AvgIpc) is 2.59. The van der Waals surface area contributed by atoms with E-state index in [-0.39, 0.29) is 5.91 Å². The fraction of sp³-hybridized carbons (Fsp3) is 0.176. The Morgan fingerprint density at radius 2 is 1.79 bits per heavy atom. The Hall–Kier alpha value is -2.54. The summed E-state index contributed by atoms with van der Waals surface area (Å²) in [6.45, 7) is 1.64. The van der Waals surface area contributed by atoms with Crippen LogP contribution in [0.5, 0.6) is 11.5 Å². The van der Waals surface area contributed by atoms with E-state index >= 15 is 0 Å². The highest BCUT2D eigenvalue weighted by Gasteiger charge is 2.16. The van der Waals surface area contributed by atoms with Crippen molar-refractivity contribution < 1.29 is 19.1 Å². The Balaban J connectivity index is 2.21. The topological polar surface area (TPSA) is 76.7 Å². The lowest BCUT2D eigenvalue weighted by Crippen LogP contribution is -2.40. The van der Waals surface area contributed by atoms with E-state index < -0.39 is 5.91 Å². The van der Waals surface area contributed by atoms with Gasteiger partial charge in [-0.3, -0.25) is 20.4 Å². The smallest absolute Gasteiger partial charge is 0.270 e. The summed E-state index contributed by atoms with van der Waals surface area (Å²) in [7, 11) is 1.52. The van der Waals surface area contributed by atoms with Gasteiger partial charge in [0.15, 0.2) is 11.5 Å². The van der Waals surface area contributed by atoms with Crippen LogP contribution in [0.3, 0.4) is 0 Å². The molecule has 2 N–H and O–H groups in total. The summed E-state index contributed by atoms with van der Waals surface area (Å²) in [6, 6.07) is 12.8. The zero-order valence-corrected chi connectivity index (χ0v) is 14.8. The van der Waals surface area contributed by atoms with E-state index in [4.69, 9.17) is 9.47 Å². The molecule has 24 heavy (non-hydrogen) atoms. The molecule has 0 heterocycles. The highest BCUT2D eigenvalue weighted by molar-refractivity contribution is 9.10. The fourth-order valence-corrected chi connectivity index (χ4v) is 2.43. The molecule has 2 rings (SSSR count). The van der Waals surface area contributed by atoms with Crippen LogP contribution in [0.25, 0.3) is 0 Å². The van der Waals surface area contributed by atoms with Crippen molar-refractivity contribution in [1.29, 1.82) is 0 Å². The van der Waals surface area contributed by atoms with E-state index in [9.17, 15) is 9.59 Å². The van der Waals surface area contributed by atoms with E-state index in [1.165, 1.54) is 14.0 Å². The molecule has 0 aliphatic carbocycles. The molecule has 2 aromatic carbocycles. The summed E-state index contributed by atoms with van der Waals surface area (Å²) < 4.78 is 11.6. The molecule has 0 unspecified atom stereocenters. The van der Waals surface area contributed by atoms with Gasteiger partial charge >= 0.3 is 0 Å². The molecule has 6 nitrogen and oxygen atoms in total. The van der Waals surface area contributed by atoms with Gasteiger partial charge in [0, 0.05) is 11.4 Å². The van der Waals surface area contributed by atoms with Crippen LogP contribution in [0, 0.1) is 0 Å². The lowest BCUT2D eigenvalue weighted by Gasteiger charge is -2.14. The molecule has 7 heteroatoms. The van der Waals surface area contributed by atoms with Crippen molar-refractivity contribution in [3.63, 3.8) is 0 Å². The van der Waals surface area contributed by atoms with Crippen molar-refractivity contribution in [1.82, 2.24) is 10.9 Å². The van der Waals surface area contributed by atoms with Crippen molar-refractivity contribution in [2.45, 2.75) is 13.5 Å². The van der Waals surface area contributed by atoms with Gasteiger partial charge in [0.1, 0.15) is 6.61 Å². The molecule has 0 saturated heterocycles. The third-order valence-corrected chi connectivity index (χ3v) is 3.74. The number of benzene rings is 2. The Morgan fingerprint density at radius 1 is 1.08 bits per heavy atom. The summed E-state index contributed by atoms with van der Waals surface area (Å²) in [6.07, 6.45) is 0. The molecule has 2 amide bonds. The molecule has 0 atom stereocenters. The van der Waals surface area contributed by atoms with Crippen LogP contribution in [0.15, 0.2) is 46.9 Å². The molecule has 2 aromatic rings. The third kappa shape index (κ3) is 4.73. The molecule has 0 bridgehead atoms. The van der Waals surface area contributed by atoms with Crippen LogP contribution in [-0.4, -0.2) is 18.9 Å². The van der Waals surface area contributed by atoms with E-state index in [0.29, 0.717) is 28.1 Å². The van der Waals surface area contributed by atoms with E-state index in [0.717, 1.165) is 5.56 Å². The van der Waals surface area contributed by atoms with Gasteiger partial charge in [-0.05, 0) is 33.6 Å². The number of hydrogen-bond acceptors (Lipinski definition) is 4. The van der Waals surface area contributed by atoms with Crippen LogP contribution >= 0.6 is 15.9 Å². The zero-order valence-electron chi connectivity index (χ0n) is 13.3. The van der Waals surface area contributed by atoms with E-state index in [1.54, 1.807) is 12.1 Å². The van der Waals surface area contributed by atoms with Gasteiger partial charge in [0.2, 0.25) is 5.91 Å². The summed E-state index contributed by atoms with van der Waals surface area (Å²) >= 11 is 3.32. The molecule has 0 fully saturated rings. The second kappa shape index (κ2) is 8.35. The van der Waals surface area contributed by atoms with Crippen LogP contribution in [0.1, 0.15) is 22.8 Å². The minimum Gasteiger partial charge on any atom is -0.493 e. The lowest BCUT2D eigenvalue weighted by molar-refractivity contribution is -0.119. The first-order valence-electron chi connectivity index (χ1n) is 7.12. The Labute approximate surface area is 148 Å². The van der Waals surface area contributed by atoms with Gasteiger partial charge in [-0.25, -0.2) is 0 Å². The van der Waals surface area contributed by atoms with E-state index in [2.05, 4.69) is 26.8 Å². The number of rotatable bonds is 5. The molecule has 0 aromatic heterocycles.